The average molecular weight is 362 g/mol. The van der Waals surface area contributed by atoms with E-state index >= 15 is 0 Å². The number of fused-ring (bicyclic) bond motifs is 1. The molecule has 0 aromatic carbocycles. The van der Waals surface area contributed by atoms with Crippen LogP contribution in [0, 0.1) is 5.41 Å². The Morgan fingerprint density at radius 2 is 2.08 bits per heavy atom. The molecule has 3 heterocycles. The maximum atomic E-state index is 12.9. The van der Waals surface area contributed by atoms with Gasteiger partial charge in [-0.2, -0.15) is 0 Å². The number of amides is 2. The zero-order chi connectivity index (χ0) is 16.9. The number of urea groups is 1. The summed E-state index contributed by atoms with van der Waals surface area (Å²) >= 11 is 1.68. The number of nitrogens with one attached hydrogen (secondary N) is 1. The largest absolute Gasteiger partial charge is 0.376 e. The predicted molar refractivity (Wildman–Crippen MR) is 98.1 cm³/mol. The average Bonchev–Trinajstić information content (AvgIpc) is 3.11. The van der Waals surface area contributed by atoms with Gasteiger partial charge in [0.15, 0.2) is 5.13 Å². The maximum Gasteiger partial charge on any atom is 0.324 e. The van der Waals surface area contributed by atoms with Crippen LogP contribution in [0.25, 0.3) is 0 Å². The number of carbonyl (C=O) groups is 1. The number of aromatic nitrogens is 1. The number of likely N-dealkylation sites (tertiary alicyclic amines) is 1. The first-order valence-electron chi connectivity index (χ1n) is 9.93. The third-order valence-electron chi connectivity index (χ3n) is 6.69. The fourth-order valence-electron chi connectivity index (χ4n) is 5.22. The lowest BCUT2D eigenvalue weighted by Crippen LogP contribution is -2.73. The lowest BCUT2D eigenvalue weighted by Gasteiger charge is -2.63. The van der Waals surface area contributed by atoms with Crippen LogP contribution in [0.4, 0.5) is 9.93 Å². The fourth-order valence-corrected chi connectivity index (χ4v) is 6.26. The number of rotatable bonds is 2. The second kappa shape index (κ2) is 6.23. The predicted octanol–water partition coefficient (Wildman–Crippen LogP) is 3.98. The van der Waals surface area contributed by atoms with E-state index in [0.29, 0.717) is 5.41 Å². The number of carbonyl (C=O) groups excluding carboxylic acids is 1. The van der Waals surface area contributed by atoms with Crippen LogP contribution in [0.1, 0.15) is 61.9 Å². The number of hydrogen-bond acceptors (Lipinski definition) is 4. The molecule has 6 heteroatoms. The molecule has 2 amide bonds. The summed E-state index contributed by atoms with van der Waals surface area (Å²) in [5, 5.41) is 3.89. The standard InChI is InChI=1S/C19H27N3O2S/c23-18(21-17-20-13-6-2-1-3-8-15(13)25-17)22-12-19(9-5-10-19)16(22)14-7-4-11-24-14/h14,16H,1-12H2,(H,20,21,23). The number of ether oxygens (including phenoxy) is 1. The van der Waals surface area contributed by atoms with Gasteiger partial charge in [-0.05, 0) is 51.4 Å². The first-order chi connectivity index (χ1) is 12.3. The van der Waals surface area contributed by atoms with E-state index in [1.807, 2.05) is 4.90 Å². The number of thiazole rings is 1. The highest BCUT2D eigenvalue weighted by molar-refractivity contribution is 7.15. The molecule has 2 unspecified atom stereocenters. The van der Waals surface area contributed by atoms with Crippen molar-refractivity contribution in [3.8, 4) is 0 Å². The Balaban J connectivity index is 1.29. The normalized spacial score (nSPS) is 30.3. The SMILES string of the molecule is O=C(Nc1nc2c(s1)CCCCC2)N1CC2(CCC2)C1C1CCCO1. The highest BCUT2D eigenvalue weighted by atomic mass is 32.1. The molecule has 0 bridgehead atoms. The lowest BCUT2D eigenvalue weighted by atomic mass is 9.56. The smallest absolute Gasteiger partial charge is 0.324 e. The Labute approximate surface area is 153 Å². The minimum atomic E-state index is 0.0296. The third kappa shape index (κ3) is 2.69. The molecule has 4 aliphatic rings. The number of anilines is 1. The van der Waals surface area contributed by atoms with Gasteiger partial charge >= 0.3 is 6.03 Å². The second-order valence-electron chi connectivity index (χ2n) is 8.22. The molecule has 5 rings (SSSR count). The van der Waals surface area contributed by atoms with Gasteiger partial charge < -0.3 is 9.64 Å². The number of nitrogens with zero attached hydrogens (tertiary/aromatic N) is 2. The molecule has 136 valence electrons. The van der Waals surface area contributed by atoms with Crippen molar-refractivity contribution in [3.63, 3.8) is 0 Å². The van der Waals surface area contributed by atoms with E-state index < -0.39 is 0 Å². The van der Waals surface area contributed by atoms with Gasteiger partial charge in [-0.1, -0.05) is 12.8 Å². The molecule has 0 radical (unpaired) electrons. The van der Waals surface area contributed by atoms with Crippen LogP contribution in [0.2, 0.25) is 0 Å². The summed E-state index contributed by atoms with van der Waals surface area (Å²) in [6.07, 6.45) is 12.2. The monoisotopic (exact) mass is 361 g/mol. The van der Waals surface area contributed by atoms with Crippen molar-refractivity contribution >= 4 is 22.5 Å². The van der Waals surface area contributed by atoms with Crippen LogP contribution in [0.15, 0.2) is 0 Å². The highest BCUT2D eigenvalue weighted by Gasteiger charge is 2.60. The summed E-state index contributed by atoms with van der Waals surface area (Å²) in [5.74, 6) is 0. The van der Waals surface area contributed by atoms with Crippen molar-refractivity contribution in [1.82, 2.24) is 9.88 Å². The molecule has 25 heavy (non-hydrogen) atoms. The molecule has 2 saturated heterocycles. The summed E-state index contributed by atoms with van der Waals surface area (Å²) in [5.41, 5.74) is 1.57. The molecular weight excluding hydrogens is 334 g/mol. The first-order valence-corrected chi connectivity index (χ1v) is 10.7. The van der Waals surface area contributed by atoms with E-state index in [9.17, 15) is 4.79 Å². The van der Waals surface area contributed by atoms with E-state index in [-0.39, 0.29) is 18.2 Å². The molecule has 1 spiro atoms. The van der Waals surface area contributed by atoms with E-state index in [0.717, 1.165) is 44.0 Å². The van der Waals surface area contributed by atoms with Gasteiger partial charge in [0.25, 0.3) is 0 Å². The zero-order valence-electron chi connectivity index (χ0n) is 14.8. The minimum absolute atomic E-state index is 0.0296. The minimum Gasteiger partial charge on any atom is -0.376 e. The van der Waals surface area contributed by atoms with Gasteiger partial charge in [0.2, 0.25) is 0 Å². The molecule has 2 aliphatic heterocycles. The van der Waals surface area contributed by atoms with Crippen molar-refractivity contribution in [2.45, 2.75) is 76.4 Å². The lowest BCUT2D eigenvalue weighted by molar-refractivity contribution is -0.146. The van der Waals surface area contributed by atoms with Crippen LogP contribution in [-0.2, 0) is 17.6 Å². The van der Waals surface area contributed by atoms with Crippen molar-refractivity contribution in [2.24, 2.45) is 5.41 Å². The summed E-state index contributed by atoms with van der Waals surface area (Å²) in [6, 6.07) is 0.309. The van der Waals surface area contributed by atoms with Gasteiger partial charge in [0.05, 0.1) is 17.8 Å². The van der Waals surface area contributed by atoms with Gasteiger partial charge in [-0.3, -0.25) is 5.32 Å². The van der Waals surface area contributed by atoms with Crippen molar-refractivity contribution in [2.75, 3.05) is 18.5 Å². The maximum absolute atomic E-state index is 12.9. The quantitative estimate of drug-likeness (QED) is 0.811. The third-order valence-corrected chi connectivity index (χ3v) is 7.76. The highest BCUT2D eigenvalue weighted by Crippen LogP contribution is 2.55. The molecule has 5 nitrogen and oxygen atoms in total. The van der Waals surface area contributed by atoms with Crippen molar-refractivity contribution < 1.29 is 9.53 Å². The van der Waals surface area contributed by atoms with Crippen LogP contribution in [0.5, 0.6) is 0 Å². The summed E-state index contributed by atoms with van der Waals surface area (Å²) in [4.78, 5) is 21.0. The van der Waals surface area contributed by atoms with Crippen LogP contribution >= 0.6 is 11.3 Å². The Kier molecular flexibility index (Phi) is 4.01. The van der Waals surface area contributed by atoms with Crippen LogP contribution in [-0.4, -0.2) is 41.2 Å². The zero-order valence-corrected chi connectivity index (χ0v) is 15.6. The number of aryl methyl sites for hydroxylation is 2. The van der Waals surface area contributed by atoms with E-state index in [2.05, 4.69) is 5.32 Å². The van der Waals surface area contributed by atoms with Crippen LogP contribution < -0.4 is 5.32 Å². The molecule has 3 fully saturated rings. The Hall–Kier alpha value is -1.14. The first kappa shape index (κ1) is 16.1. The molecule has 2 atom stereocenters. The Morgan fingerprint density at radius 3 is 2.84 bits per heavy atom. The number of hydrogen-bond donors (Lipinski definition) is 1. The van der Waals surface area contributed by atoms with Crippen molar-refractivity contribution in [1.29, 1.82) is 0 Å². The Bertz CT molecular complexity index is 640. The van der Waals surface area contributed by atoms with Crippen LogP contribution in [0.3, 0.4) is 0 Å². The summed E-state index contributed by atoms with van der Waals surface area (Å²) in [6.45, 7) is 1.75. The van der Waals surface area contributed by atoms with E-state index in [1.165, 1.54) is 49.1 Å². The van der Waals surface area contributed by atoms with Gasteiger partial charge in [-0.25, -0.2) is 9.78 Å². The fraction of sp³-hybridized carbons (Fsp3) is 0.789. The van der Waals surface area contributed by atoms with E-state index in [1.54, 1.807) is 11.3 Å². The molecule has 1 saturated carbocycles. The van der Waals surface area contributed by atoms with Gasteiger partial charge in [-0.15, -0.1) is 11.3 Å². The molecule has 1 aromatic rings. The Morgan fingerprint density at radius 1 is 1.20 bits per heavy atom. The molecule has 1 aromatic heterocycles. The van der Waals surface area contributed by atoms with E-state index in [4.69, 9.17) is 9.72 Å². The summed E-state index contributed by atoms with van der Waals surface area (Å²) in [7, 11) is 0. The van der Waals surface area contributed by atoms with Crippen molar-refractivity contribution in [3.05, 3.63) is 10.6 Å². The van der Waals surface area contributed by atoms with Gasteiger partial charge in [0.1, 0.15) is 0 Å². The molecule has 2 aliphatic carbocycles. The molecule has 1 N–H and O–H groups in total. The van der Waals surface area contributed by atoms with Gasteiger partial charge in [0, 0.05) is 23.4 Å². The second-order valence-corrected chi connectivity index (χ2v) is 9.30. The molecular formula is C19H27N3O2S. The summed E-state index contributed by atoms with van der Waals surface area (Å²) < 4.78 is 5.96. The topological polar surface area (TPSA) is 54.5 Å².